The van der Waals surface area contributed by atoms with Crippen molar-refractivity contribution in [1.29, 1.82) is 0 Å². The Morgan fingerprint density at radius 1 is 0.393 bits per heavy atom. The molecule has 3 aromatic rings. The van der Waals surface area contributed by atoms with Crippen LogP contribution in [0.25, 0.3) is 0 Å². The molecule has 0 saturated heterocycles. The highest BCUT2D eigenvalue weighted by atomic mass is 16.8. The molecule has 56 heavy (non-hydrogen) atoms. The van der Waals surface area contributed by atoms with E-state index in [9.17, 15) is 24.3 Å². The standard InChI is InChI=1S/C41H52O15/c1-38(2,3)53-34(43)49-30-15-26(16-31(20-30)50-35(44)54-39(4,5)6)23-47-28-13-25(22-42)14-29(19-28)48-24-27-17-32(51-36(45)55-40(7,8)9)21-33(18-27)52-37(46)56-41(10,11)12/h13-21,42H,22-24H2,1-12H3. The van der Waals surface area contributed by atoms with Gasteiger partial charge in [0.2, 0.25) is 0 Å². The molecule has 0 saturated carbocycles. The first-order valence-electron chi connectivity index (χ1n) is 17.6. The summed E-state index contributed by atoms with van der Waals surface area (Å²) in [6, 6.07) is 13.4. The van der Waals surface area contributed by atoms with Gasteiger partial charge in [-0.3, -0.25) is 0 Å². The minimum absolute atomic E-state index is 0.0138. The third kappa shape index (κ3) is 17.6. The zero-order valence-corrected chi connectivity index (χ0v) is 34.0. The van der Waals surface area contributed by atoms with Crippen LogP contribution in [0.5, 0.6) is 34.5 Å². The van der Waals surface area contributed by atoms with Crippen LogP contribution in [0.15, 0.2) is 54.6 Å². The molecular formula is C41H52O15. The Bertz CT molecular complexity index is 1630. The largest absolute Gasteiger partial charge is 0.514 e. The van der Waals surface area contributed by atoms with Gasteiger partial charge in [0.05, 0.1) is 6.61 Å². The molecule has 0 atom stereocenters. The highest BCUT2D eigenvalue weighted by Crippen LogP contribution is 2.30. The van der Waals surface area contributed by atoms with Gasteiger partial charge in [0.25, 0.3) is 0 Å². The number of rotatable bonds is 11. The first kappa shape index (κ1) is 44.7. The van der Waals surface area contributed by atoms with Gasteiger partial charge in [-0.1, -0.05) is 0 Å². The highest BCUT2D eigenvalue weighted by molar-refractivity contribution is 5.68. The van der Waals surface area contributed by atoms with E-state index in [-0.39, 0.29) is 54.3 Å². The van der Waals surface area contributed by atoms with Gasteiger partial charge in [0, 0.05) is 18.2 Å². The van der Waals surface area contributed by atoms with Crippen LogP contribution in [-0.4, -0.2) is 52.1 Å². The molecule has 0 bridgehead atoms. The van der Waals surface area contributed by atoms with Crippen molar-refractivity contribution in [3.05, 3.63) is 71.3 Å². The number of aliphatic hydroxyl groups is 1. The van der Waals surface area contributed by atoms with E-state index in [1.54, 1.807) is 101 Å². The molecule has 3 rings (SSSR count). The molecule has 0 spiro atoms. The lowest BCUT2D eigenvalue weighted by molar-refractivity contribution is 0.0177. The number of benzene rings is 3. The molecule has 0 heterocycles. The van der Waals surface area contributed by atoms with Gasteiger partial charge >= 0.3 is 24.6 Å². The SMILES string of the molecule is CC(C)(C)OC(=O)Oc1cc(COc2cc(CO)cc(OCc3cc(OC(=O)OC(C)(C)C)cc(OC(=O)OC(C)(C)C)c3)c2)cc(OC(=O)OC(C)(C)C)c1. The van der Waals surface area contributed by atoms with Gasteiger partial charge < -0.3 is 52.5 Å². The highest BCUT2D eigenvalue weighted by Gasteiger charge is 2.23. The van der Waals surface area contributed by atoms with Crippen LogP contribution in [0.1, 0.15) is 99.8 Å². The van der Waals surface area contributed by atoms with Crippen LogP contribution in [0.4, 0.5) is 19.2 Å². The van der Waals surface area contributed by atoms with Gasteiger partial charge in [-0.2, -0.15) is 0 Å². The van der Waals surface area contributed by atoms with Crippen molar-refractivity contribution in [3.8, 4) is 34.5 Å². The van der Waals surface area contributed by atoms with E-state index in [0.29, 0.717) is 16.7 Å². The van der Waals surface area contributed by atoms with Crippen LogP contribution >= 0.6 is 0 Å². The zero-order valence-electron chi connectivity index (χ0n) is 34.0. The quantitative estimate of drug-likeness (QED) is 0.110. The van der Waals surface area contributed by atoms with Crippen molar-refractivity contribution in [1.82, 2.24) is 0 Å². The summed E-state index contributed by atoms with van der Waals surface area (Å²) >= 11 is 0. The molecule has 306 valence electrons. The molecule has 0 aromatic heterocycles. The molecule has 1 N–H and O–H groups in total. The van der Waals surface area contributed by atoms with Gasteiger partial charge in [0.1, 0.15) is 70.1 Å². The van der Waals surface area contributed by atoms with Crippen LogP contribution < -0.4 is 28.4 Å². The molecule has 3 aromatic carbocycles. The summed E-state index contributed by atoms with van der Waals surface area (Å²) in [6.07, 6.45) is -3.88. The lowest BCUT2D eigenvalue weighted by atomic mass is 10.2. The summed E-state index contributed by atoms with van der Waals surface area (Å²) in [5, 5.41) is 10.0. The van der Waals surface area contributed by atoms with E-state index in [1.807, 2.05) is 0 Å². The van der Waals surface area contributed by atoms with E-state index >= 15 is 0 Å². The second-order valence-corrected chi connectivity index (χ2v) is 16.4. The maximum absolute atomic E-state index is 12.4. The minimum atomic E-state index is -0.971. The van der Waals surface area contributed by atoms with Gasteiger partial charge in [-0.15, -0.1) is 0 Å². The van der Waals surface area contributed by atoms with Crippen molar-refractivity contribution in [2.24, 2.45) is 0 Å². The summed E-state index contributed by atoms with van der Waals surface area (Å²) in [5.41, 5.74) is -1.97. The van der Waals surface area contributed by atoms with E-state index in [1.165, 1.54) is 36.4 Å². The molecule has 0 fully saturated rings. The van der Waals surface area contributed by atoms with Crippen molar-refractivity contribution >= 4 is 24.6 Å². The molecule has 0 aliphatic rings. The summed E-state index contributed by atoms with van der Waals surface area (Å²) in [6.45, 7) is 19.6. The van der Waals surface area contributed by atoms with Crippen LogP contribution in [0, 0.1) is 0 Å². The zero-order chi connectivity index (χ0) is 42.1. The third-order valence-electron chi connectivity index (χ3n) is 6.18. The number of hydrogen-bond acceptors (Lipinski definition) is 15. The number of hydrogen-bond donors (Lipinski definition) is 1. The maximum Gasteiger partial charge on any atom is 0.514 e. The number of carbonyl (C=O) groups is 4. The van der Waals surface area contributed by atoms with E-state index < -0.39 is 47.0 Å². The van der Waals surface area contributed by atoms with Crippen molar-refractivity contribution in [2.75, 3.05) is 0 Å². The molecule has 0 aliphatic carbocycles. The van der Waals surface area contributed by atoms with Gasteiger partial charge in [0.15, 0.2) is 0 Å². The molecule has 0 unspecified atom stereocenters. The average Bonchev–Trinajstić information content (AvgIpc) is 2.98. The molecule has 15 heteroatoms. The molecule has 0 aliphatic heterocycles. The Labute approximate surface area is 327 Å². The number of carbonyl (C=O) groups excluding carboxylic acids is 4. The predicted octanol–water partition coefficient (Wildman–Crippen LogP) is 9.59. The first-order chi connectivity index (χ1) is 25.7. The Hall–Kier alpha value is -5.70. The number of aliphatic hydroxyl groups excluding tert-OH is 1. The lowest BCUT2D eigenvalue weighted by Crippen LogP contribution is -2.26. The molecule has 15 nitrogen and oxygen atoms in total. The Balaban J connectivity index is 1.85. The second-order valence-electron chi connectivity index (χ2n) is 16.4. The number of ether oxygens (including phenoxy) is 10. The second kappa shape index (κ2) is 18.3. The van der Waals surface area contributed by atoms with Gasteiger partial charge in [-0.05, 0) is 136 Å². The Morgan fingerprint density at radius 3 is 0.857 bits per heavy atom. The minimum Gasteiger partial charge on any atom is -0.489 e. The fourth-order valence-electron chi connectivity index (χ4n) is 4.35. The molecular weight excluding hydrogens is 732 g/mol. The monoisotopic (exact) mass is 784 g/mol. The third-order valence-corrected chi connectivity index (χ3v) is 6.18. The van der Waals surface area contributed by atoms with Crippen LogP contribution in [-0.2, 0) is 38.8 Å². The van der Waals surface area contributed by atoms with E-state index in [2.05, 4.69) is 0 Å². The summed E-state index contributed by atoms with van der Waals surface area (Å²) in [4.78, 5) is 49.8. The first-order valence-corrected chi connectivity index (χ1v) is 17.6. The summed E-state index contributed by atoms with van der Waals surface area (Å²) in [5.74, 6) is 0.630. The fourth-order valence-corrected chi connectivity index (χ4v) is 4.35. The molecule has 0 radical (unpaired) electrons. The van der Waals surface area contributed by atoms with Crippen molar-refractivity contribution < 1.29 is 71.7 Å². The van der Waals surface area contributed by atoms with Crippen LogP contribution in [0.3, 0.4) is 0 Å². The lowest BCUT2D eigenvalue weighted by Gasteiger charge is -2.20. The van der Waals surface area contributed by atoms with Crippen LogP contribution in [0.2, 0.25) is 0 Å². The van der Waals surface area contributed by atoms with Crippen molar-refractivity contribution in [2.45, 2.75) is 125 Å². The molecule has 0 amide bonds. The van der Waals surface area contributed by atoms with Gasteiger partial charge in [-0.25, -0.2) is 19.2 Å². The topological polar surface area (TPSA) is 181 Å². The van der Waals surface area contributed by atoms with E-state index in [0.717, 1.165) is 0 Å². The smallest absolute Gasteiger partial charge is 0.489 e. The Kier molecular flexibility index (Phi) is 14.6. The summed E-state index contributed by atoms with van der Waals surface area (Å²) < 4.78 is 54.6. The van der Waals surface area contributed by atoms with Crippen molar-refractivity contribution in [3.63, 3.8) is 0 Å². The normalized spacial score (nSPS) is 11.8. The maximum atomic E-state index is 12.4. The summed E-state index contributed by atoms with van der Waals surface area (Å²) in [7, 11) is 0. The Morgan fingerprint density at radius 2 is 0.625 bits per heavy atom. The average molecular weight is 785 g/mol. The fraction of sp³-hybridized carbons (Fsp3) is 0.463. The predicted molar refractivity (Wildman–Crippen MR) is 201 cm³/mol. The van der Waals surface area contributed by atoms with E-state index in [4.69, 9.17) is 47.4 Å².